The number of alkyl halides is 3. The van der Waals surface area contributed by atoms with Crippen molar-refractivity contribution in [1.29, 1.82) is 0 Å². The highest BCUT2D eigenvalue weighted by Crippen LogP contribution is 2.40. The first-order chi connectivity index (χ1) is 17.3. The number of anilines is 2. The first-order valence-corrected chi connectivity index (χ1v) is 12.3. The SMILES string of the molecule is O=C(NCCc1ccccn1)[C@@H]1Cc2cc(C(F)(F)F)ccc2N2CCN(c3cccc(Cl)c3)C[C@H]12. The number of aromatic nitrogens is 1. The van der Waals surface area contributed by atoms with Gasteiger partial charge in [0, 0.05) is 60.9 Å². The van der Waals surface area contributed by atoms with Gasteiger partial charge in [0.25, 0.3) is 0 Å². The summed E-state index contributed by atoms with van der Waals surface area (Å²) < 4.78 is 40.3. The van der Waals surface area contributed by atoms with Gasteiger partial charge in [-0.3, -0.25) is 9.78 Å². The summed E-state index contributed by atoms with van der Waals surface area (Å²) in [4.78, 5) is 22.0. The Kier molecular flexibility index (Phi) is 6.79. The summed E-state index contributed by atoms with van der Waals surface area (Å²) >= 11 is 6.21. The van der Waals surface area contributed by atoms with E-state index < -0.39 is 17.7 Å². The number of piperazine rings is 1. The topological polar surface area (TPSA) is 48.5 Å². The van der Waals surface area contributed by atoms with Gasteiger partial charge in [0.1, 0.15) is 0 Å². The summed E-state index contributed by atoms with van der Waals surface area (Å²) in [5.74, 6) is -0.649. The van der Waals surface area contributed by atoms with Gasteiger partial charge in [-0.05, 0) is 60.5 Å². The van der Waals surface area contributed by atoms with E-state index in [1.54, 1.807) is 12.3 Å². The molecule has 0 radical (unpaired) electrons. The molecule has 1 N–H and O–H groups in total. The van der Waals surface area contributed by atoms with Crippen LogP contribution in [0.3, 0.4) is 0 Å². The highest BCUT2D eigenvalue weighted by molar-refractivity contribution is 6.30. The molecule has 3 aromatic rings. The molecule has 2 atom stereocenters. The summed E-state index contributed by atoms with van der Waals surface area (Å²) in [6, 6.07) is 16.9. The van der Waals surface area contributed by atoms with Gasteiger partial charge < -0.3 is 15.1 Å². The van der Waals surface area contributed by atoms with E-state index in [-0.39, 0.29) is 18.4 Å². The maximum absolute atomic E-state index is 13.4. The predicted octanol–water partition coefficient (Wildman–Crippen LogP) is 4.98. The van der Waals surface area contributed by atoms with Crippen LogP contribution in [-0.4, -0.2) is 43.1 Å². The molecule has 0 spiro atoms. The van der Waals surface area contributed by atoms with Crippen LogP contribution in [0.25, 0.3) is 0 Å². The van der Waals surface area contributed by atoms with Crippen LogP contribution in [0.5, 0.6) is 0 Å². The number of rotatable bonds is 5. The number of carbonyl (C=O) groups excluding carboxylic acids is 1. The number of fused-ring (bicyclic) bond motifs is 3. The lowest BCUT2D eigenvalue weighted by Crippen LogP contribution is -2.61. The van der Waals surface area contributed by atoms with Crippen LogP contribution in [0, 0.1) is 5.92 Å². The van der Waals surface area contributed by atoms with Crippen molar-refractivity contribution in [2.45, 2.75) is 25.1 Å². The maximum Gasteiger partial charge on any atom is 0.416 e. The summed E-state index contributed by atoms with van der Waals surface area (Å²) in [6.45, 7) is 2.24. The third-order valence-corrected chi connectivity index (χ3v) is 7.19. The predicted molar refractivity (Wildman–Crippen MR) is 134 cm³/mol. The van der Waals surface area contributed by atoms with Crippen molar-refractivity contribution in [3.63, 3.8) is 0 Å². The second-order valence-corrected chi connectivity index (χ2v) is 9.64. The molecular weight excluding hydrogens is 489 g/mol. The van der Waals surface area contributed by atoms with Gasteiger partial charge in [0.2, 0.25) is 5.91 Å². The second kappa shape index (κ2) is 10.0. The molecule has 2 aliphatic heterocycles. The van der Waals surface area contributed by atoms with E-state index in [9.17, 15) is 18.0 Å². The average Bonchev–Trinajstić information content (AvgIpc) is 2.87. The lowest BCUT2D eigenvalue weighted by Gasteiger charge is -2.49. The molecule has 0 bridgehead atoms. The van der Waals surface area contributed by atoms with E-state index in [0.717, 1.165) is 23.1 Å². The molecular formula is C27H26ClF3N4O. The lowest BCUT2D eigenvalue weighted by atomic mass is 9.82. The molecule has 0 unspecified atom stereocenters. The van der Waals surface area contributed by atoms with E-state index >= 15 is 0 Å². The van der Waals surface area contributed by atoms with Crippen LogP contribution < -0.4 is 15.1 Å². The van der Waals surface area contributed by atoms with Crippen molar-refractivity contribution < 1.29 is 18.0 Å². The first-order valence-electron chi connectivity index (χ1n) is 11.9. The number of pyridine rings is 1. The number of halogens is 4. The number of benzene rings is 2. The largest absolute Gasteiger partial charge is 0.416 e. The zero-order valence-electron chi connectivity index (χ0n) is 19.5. The summed E-state index contributed by atoms with van der Waals surface area (Å²) in [5.41, 5.74) is 2.48. The summed E-state index contributed by atoms with van der Waals surface area (Å²) in [7, 11) is 0. The van der Waals surface area contributed by atoms with Crippen molar-refractivity contribution in [3.05, 3.63) is 88.7 Å². The fraction of sp³-hybridized carbons (Fsp3) is 0.333. The molecule has 1 fully saturated rings. The molecule has 3 heterocycles. The Bertz CT molecular complexity index is 1240. The molecule has 2 aromatic carbocycles. The Balaban J connectivity index is 1.40. The monoisotopic (exact) mass is 514 g/mol. The van der Waals surface area contributed by atoms with Crippen LogP contribution >= 0.6 is 11.6 Å². The van der Waals surface area contributed by atoms with Crippen molar-refractivity contribution in [2.24, 2.45) is 5.92 Å². The highest BCUT2D eigenvalue weighted by atomic mass is 35.5. The number of carbonyl (C=O) groups is 1. The molecule has 188 valence electrons. The van der Waals surface area contributed by atoms with Crippen molar-refractivity contribution >= 4 is 28.9 Å². The van der Waals surface area contributed by atoms with Crippen molar-refractivity contribution in [1.82, 2.24) is 10.3 Å². The van der Waals surface area contributed by atoms with E-state index in [2.05, 4.69) is 20.1 Å². The molecule has 2 aliphatic rings. The van der Waals surface area contributed by atoms with Crippen LogP contribution in [0.15, 0.2) is 66.9 Å². The minimum Gasteiger partial charge on any atom is -0.368 e. The van der Waals surface area contributed by atoms with E-state index in [4.69, 9.17) is 11.6 Å². The third kappa shape index (κ3) is 5.14. The Morgan fingerprint density at radius 2 is 1.94 bits per heavy atom. The molecule has 1 amide bonds. The molecule has 5 nitrogen and oxygen atoms in total. The van der Waals surface area contributed by atoms with E-state index in [0.29, 0.717) is 43.2 Å². The average molecular weight is 515 g/mol. The number of nitrogens with zero attached hydrogens (tertiary/aromatic N) is 3. The minimum absolute atomic E-state index is 0.156. The molecule has 1 aromatic heterocycles. The molecule has 9 heteroatoms. The normalized spacial score (nSPS) is 19.4. The third-order valence-electron chi connectivity index (χ3n) is 6.96. The van der Waals surface area contributed by atoms with Crippen LogP contribution in [-0.2, 0) is 23.8 Å². The number of hydrogen-bond acceptors (Lipinski definition) is 4. The van der Waals surface area contributed by atoms with Gasteiger partial charge >= 0.3 is 6.18 Å². The van der Waals surface area contributed by atoms with Crippen LogP contribution in [0.2, 0.25) is 5.02 Å². The second-order valence-electron chi connectivity index (χ2n) is 9.20. The smallest absolute Gasteiger partial charge is 0.368 e. The van der Waals surface area contributed by atoms with Crippen molar-refractivity contribution in [3.8, 4) is 0 Å². The number of nitrogens with one attached hydrogen (secondary N) is 1. The Labute approximate surface area is 212 Å². The van der Waals surface area contributed by atoms with Gasteiger partial charge in [-0.1, -0.05) is 23.7 Å². The van der Waals surface area contributed by atoms with Crippen LogP contribution in [0.1, 0.15) is 16.8 Å². The lowest BCUT2D eigenvalue weighted by molar-refractivity contribution is -0.137. The zero-order valence-corrected chi connectivity index (χ0v) is 20.3. The Hall–Kier alpha value is -3.26. The maximum atomic E-state index is 13.4. The molecule has 36 heavy (non-hydrogen) atoms. The summed E-state index contributed by atoms with van der Waals surface area (Å²) in [6.07, 6.45) is -1.90. The van der Waals surface area contributed by atoms with Gasteiger partial charge in [-0.25, -0.2) is 0 Å². The summed E-state index contributed by atoms with van der Waals surface area (Å²) in [5, 5.41) is 3.64. The fourth-order valence-corrected chi connectivity index (χ4v) is 5.38. The van der Waals surface area contributed by atoms with E-state index in [1.165, 1.54) is 6.07 Å². The molecule has 0 saturated carbocycles. The Morgan fingerprint density at radius 1 is 1.08 bits per heavy atom. The zero-order chi connectivity index (χ0) is 25.3. The fourth-order valence-electron chi connectivity index (χ4n) is 5.20. The quantitative estimate of drug-likeness (QED) is 0.522. The van der Waals surface area contributed by atoms with E-state index in [1.807, 2.05) is 42.5 Å². The van der Waals surface area contributed by atoms with Crippen LogP contribution in [0.4, 0.5) is 24.5 Å². The standard InChI is InChI=1S/C27H26ClF3N4O/c28-20-4-3-6-22(16-20)34-12-13-35-24-8-7-19(27(29,30)31)14-18(24)15-23(25(35)17-34)26(36)33-11-9-21-5-1-2-10-32-21/h1-8,10,14,16,23,25H,9,11-13,15,17H2,(H,33,36)/t23-,25-/m1/s1. The minimum atomic E-state index is -4.43. The first kappa shape index (κ1) is 24.4. The molecule has 1 saturated heterocycles. The van der Waals surface area contributed by atoms with Gasteiger partial charge in [-0.15, -0.1) is 0 Å². The molecule has 5 rings (SSSR count). The van der Waals surface area contributed by atoms with Crippen molar-refractivity contribution in [2.75, 3.05) is 36.0 Å². The number of hydrogen-bond donors (Lipinski definition) is 1. The number of amides is 1. The highest BCUT2D eigenvalue weighted by Gasteiger charge is 2.42. The molecule has 0 aliphatic carbocycles. The van der Waals surface area contributed by atoms with Gasteiger partial charge in [-0.2, -0.15) is 13.2 Å². The van der Waals surface area contributed by atoms with Gasteiger partial charge in [0.15, 0.2) is 0 Å². The van der Waals surface area contributed by atoms with Gasteiger partial charge in [0.05, 0.1) is 17.5 Å². The Morgan fingerprint density at radius 3 is 2.69 bits per heavy atom.